The lowest BCUT2D eigenvalue weighted by Gasteiger charge is -2.49. The predicted molar refractivity (Wildman–Crippen MR) is 83.8 cm³/mol. The average Bonchev–Trinajstić information content (AvgIpc) is 2.44. The first-order chi connectivity index (χ1) is 9.87. The lowest BCUT2D eigenvalue weighted by atomic mass is 9.78. The van der Waals surface area contributed by atoms with Gasteiger partial charge in [-0.1, -0.05) is 33.1 Å². The van der Waals surface area contributed by atoms with Crippen LogP contribution in [0.2, 0.25) is 0 Å². The second kappa shape index (κ2) is 6.37. The molecular weight excluding hydrogens is 264 g/mol. The van der Waals surface area contributed by atoms with Gasteiger partial charge in [-0.3, -0.25) is 9.59 Å². The van der Waals surface area contributed by atoms with Crippen molar-refractivity contribution in [1.82, 2.24) is 10.2 Å². The van der Waals surface area contributed by atoms with Crippen molar-refractivity contribution in [2.24, 2.45) is 5.92 Å². The van der Waals surface area contributed by atoms with Crippen LogP contribution in [0.5, 0.6) is 0 Å². The second-order valence-corrected chi connectivity index (χ2v) is 7.34. The molecule has 1 aliphatic carbocycles. The Morgan fingerprint density at radius 1 is 1.14 bits per heavy atom. The minimum atomic E-state index is -0.603. The summed E-state index contributed by atoms with van der Waals surface area (Å²) in [6.45, 7) is 8.34. The van der Waals surface area contributed by atoms with Crippen LogP contribution in [-0.4, -0.2) is 34.3 Å². The van der Waals surface area contributed by atoms with E-state index < -0.39 is 5.54 Å². The van der Waals surface area contributed by atoms with Crippen molar-refractivity contribution in [1.29, 1.82) is 0 Å². The molecule has 21 heavy (non-hydrogen) atoms. The van der Waals surface area contributed by atoms with E-state index in [1.54, 1.807) is 0 Å². The summed E-state index contributed by atoms with van der Waals surface area (Å²) in [5.41, 5.74) is -0.603. The van der Waals surface area contributed by atoms with Crippen LogP contribution in [0.1, 0.15) is 72.6 Å². The first-order valence-electron chi connectivity index (χ1n) is 8.52. The Hall–Kier alpha value is -1.06. The van der Waals surface area contributed by atoms with E-state index in [0.29, 0.717) is 5.92 Å². The van der Waals surface area contributed by atoms with Gasteiger partial charge >= 0.3 is 0 Å². The zero-order valence-corrected chi connectivity index (χ0v) is 13.9. The fourth-order valence-electron chi connectivity index (χ4n) is 3.73. The maximum atomic E-state index is 13.1. The molecule has 1 spiro atoms. The molecule has 1 N–H and O–H groups in total. The van der Waals surface area contributed by atoms with Crippen molar-refractivity contribution >= 4 is 11.8 Å². The van der Waals surface area contributed by atoms with Crippen molar-refractivity contribution in [3.8, 4) is 0 Å². The van der Waals surface area contributed by atoms with Gasteiger partial charge in [0.15, 0.2) is 0 Å². The molecule has 2 amide bonds. The highest BCUT2D eigenvalue weighted by atomic mass is 16.2. The fraction of sp³-hybridized carbons (Fsp3) is 0.882. The van der Waals surface area contributed by atoms with Crippen molar-refractivity contribution in [2.75, 3.05) is 0 Å². The van der Waals surface area contributed by atoms with Crippen LogP contribution in [0, 0.1) is 5.92 Å². The molecule has 0 aromatic heterocycles. The Labute approximate surface area is 128 Å². The Morgan fingerprint density at radius 3 is 2.33 bits per heavy atom. The van der Waals surface area contributed by atoms with Crippen molar-refractivity contribution in [3.05, 3.63) is 0 Å². The van der Waals surface area contributed by atoms with Crippen molar-refractivity contribution < 1.29 is 9.59 Å². The average molecular weight is 294 g/mol. The van der Waals surface area contributed by atoms with Gasteiger partial charge in [-0.25, -0.2) is 0 Å². The van der Waals surface area contributed by atoms with Gasteiger partial charge in [0.25, 0.3) is 0 Å². The number of carbonyl (C=O) groups is 2. The van der Waals surface area contributed by atoms with Gasteiger partial charge in [0, 0.05) is 6.04 Å². The predicted octanol–water partition coefficient (Wildman–Crippen LogP) is 2.86. The Bertz CT molecular complexity index is 400. The molecule has 2 aliphatic rings. The van der Waals surface area contributed by atoms with Gasteiger partial charge < -0.3 is 10.2 Å². The van der Waals surface area contributed by atoms with E-state index in [0.717, 1.165) is 38.5 Å². The minimum Gasteiger partial charge on any atom is -0.340 e. The van der Waals surface area contributed by atoms with E-state index in [4.69, 9.17) is 0 Å². The van der Waals surface area contributed by atoms with Crippen LogP contribution in [0.25, 0.3) is 0 Å². The number of nitrogens with zero attached hydrogens (tertiary/aromatic N) is 1. The summed E-state index contributed by atoms with van der Waals surface area (Å²) in [5, 5.41) is 3.05. The molecule has 4 heteroatoms. The number of amides is 2. The number of nitrogens with one attached hydrogen (secondary N) is 1. The van der Waals surface area contributed by atoms with Gasteiger partial charge in [0.2, 0.25) is 11.8 Å². The summed E-state index contributed by atoms with van der Waals surface area (Å²) in [7, 11) is 0. The summed E-state index contributed by atoms with van der Waals surface area (Å²) in [5.74, 6) is 0.804. The number of piperazine rings is 1. The largest absolute Gasteiger partial charge is 0.340 e. The molecule has 2 atom stereocenters. The highest BCUT2D eigenvalue weighted by Gasteiger charge is 2.50. The standard InChI is InChI=1S/C17H30N2O2/c1-12(2)8-9-13(3)19-14(4)15(20)18-17(16(19)21)10-6-5-7-11-17/h12-14H,5-11H2,1-4H3,(H,18,20). The molecular formula is C17H30N2O2. The van der Waals surface area contributed by atoms with E-state index in [-0.39, 0.29) is 23.9 Å². The molecule has 2 unspecified atom stereocenters. The van der Waals surface area contributed by atoms with Crippen molar-refractivity contribution in [3.63, 3.8) is 0 Å². The third-order valence-electron chi connectivity index (χ3n) is 5.15. The summed E-state index contributed by atoms with van der Waals surface area (Å²) < 4.78 is 0. The summed E-state index contributed by atoms with van der Waals surface area (Å²) in [6, 6.07) is -0.202. The number of carbonyl (C=O) groups excluding carboxylic acids is 2. The fourth-order valence-corrected chi connectivity index (χ4v) is 3.73. The quantitative estimate of drug-likeness (QED) is 0.866. The molecule has 120 valence electrons. The monoisotopic (exact) mass is 294 g/mol. The maximum absolute atomic E-state index is 13.1. The van der Waals surface area contributed by atoms with Gasteiger partial charge in [-0.05, 0) is 45.4 Å². The molecule has 2 rings (SSSR count). The van der Waals surface area contributed by atoms with Crippen LogP contribution in [0.3, 0.4) is 0 Å². The lowest BCUT2D eigenvalue weighted by molar-refractivity contribution is -0.158. The van der Waals surface area contributed by atoms with E-state index in [1.165, 1.54) is 6.42 Å². The van der Waals surface area contributed by atoms with Crippen LogP contribution >= 0.6 is 0 Å². The van der Waals surface area contributed by atoms with Gasteiger partial charge in [0.1, 0.15) is 11.6 Å². The molecule has 0 aromatic carbocycles. The second-order valence-electron chi connectivity index (χ2n) is 7.34. The zero-order chi connectivity index (χ0) is 15.6. The zero-order valence-electron chi connectivity index (χ0n) is 13.9. The smallest absolute Gasteiger partial charge is 0.249 e. The third kappa shape index (κ3) is 3.24. The summed E-state index contributed by atoms with van der Waals surface area (Å²) in [4.78, 5) is 27.3. The highest BCUT2D eigenvalue weighted by molar-refractivity contribution is 5.99. The van der Waals surface area contributed by atoms with Gasteiger partial charge in [-0.2, -0.15) is 0 Å². The van der Waals surface area contributed by atoms with E-state index in [1.807, 2.05) is 11.8 Å². The first kappa shape index (κ1) is 16.3. The van der Waals surface area contributed by atoms with Gasteiger partial charge in [0.05, 0.1) is 0 Å². The molecule has 0 aromatic rings. The molecule has 1 saturated heterocycles. The number of hydrogen-bond donors (Lipinski definition) is 1. The molecule has 0 radical (unpaired) electrons. The van der Waals surface area contributed by atoms with E-state index in [9.17, 15) is 9.59 Å². The molecule has 2 fully saturated rings. The topological polar surface area (TPSA) is 49.4 Å². The van der Waals surface area contributed by atoms with Gasteiger partial charge in [-0.15, -0.1) is 0 Å². The molecule has 0 bridgehead atoms. The summed E-state index contributed by atoms with van der Waals surface area (Å²) >= 11 is 0. The van der Waals surface area contributed by atoms with Crippen LogP contribution < -0.4 is 5.32 Å². The molecule has 1 saturated carbocycles. The normalized spacial score (nSPS) is 27.1. The van der Waals surface area contributed by atoms with Crippen LogP contribution in [0.4, 0.5) is 0 Å². The Kier molecular flexibility index (Phi) is 4.95. The van der Waals surface area contributed by atoms with E-state index >= 15 is 0 Å². The van der Waals surface area contributed by atoms with Crippen LogP contribution in [-0.2, 0) is 9.59 Å². The van der Waals surface area contributed by atoms with E-state index in [2.05, 4.69) is 26.1 Å². The minimum absolute atomic E-state index is 0.0212. The first-order valence-corrected chi connectivity index (χ1v) is 8.52. The highest BCUT2D eigenvalue weighted by Crippen LogP contribution is 2.34. The Morgan fingerprint density at radius 2 is 1.76 bits per heavy atom. The Balaban J connectivity index is 2.17. The SMILES string of the molecule is CC(C)CCC(C)N1C(=O)C2(CCCCC2)NC(=O)C1C. The summed E-state index contributed by atoms with van der Waals surface area (Å²) in [6.07, 6.45) is 6.91. The third-order valence-corrected chi connectivity index (χ3v) is 5.15. The maximum Gasteiger partial charge on any atom is 0.249 e. The van der Waals surface area contributed by atoms with Crippen LogP contribution in [0.15, 0.2) is 0 Å². The molecule has 1 heterocycles. The molecule has 4 nitrogen and oxygen atoms in total. The number of rotatable bonds is 4. The lowest BCUT2D eigenvalue weighted by Crippen LogP contribution is -2.71. The number of hydrogen-bond acceptors (Lipinski definition) is 2. The van der Waals surface area contributed by atoms with Crippen molar-refractivity contribution in [2.45, 2.75) is 90.3 Å². The molecule has 1 aliphatic heterocycles.